The molecule has 114 valence electrons. The number of hydrogen-bond donors (Lipinski definition) is 0. The Labute approximate surface area is 122 Å². The molecule has 0 fully saturated rings. The van der Waals surface area contributed by atoms with Gasteiger partial charge in [0.05, 0.1) is 18.6 Å². The van der Waals surface area contributed by atoms with Gasteiger partial charge in [-0.15, -0.1) is 0 Å². The van der Waals surface area contributed by atoms with E-state index in [-0.39, 0.29) is 41.6 Å². The molecule has 0 aliphatic carbocycles. The van der Waals surface area contributed by atoms with Crippen molar-refractivity contribution in [3.8, 4) is 5.75 Å². The zero-order chi connectivity index (χ0) is 15.8. The van der Waals surface area contributed by atoms with Gasteiger partial charge in [-0.25, -0.2) is 0 Å². The number of ether oxygens (including phenoxy) is 2. The molecule has 1 aromatic carbocycles. The molecule has 0 heterocycles. The fraction of sp³-hybridized carbons (Fsp3) is 0.429. The number of nitro benzene ring substituents is 1. The molecule has 0 bridgehead atoms. The van der Waals surface area contributed by atoms with Crippen LogP contribution in [0, 0.1) is 10.1 Å². The third-order valence-corrected chi connectivity index (χ3v) is 2.79. The standard InChI is InChI=1S/C14H17NO6/c1-3-21-14(17)6-4-5-12(16)10-7-8-13(20-2)11(9-10)15(18)19/h7-9H,3-6H2,1-2H3. The molecular formula is C14H17NO6. The van der Waals surface area contributed by atoms with E-state index in [0.29, 0.717) is 13.0 Å². The molecule has 0 aliphatic heterocycles. The molecule has 21 heavy (non-hydrogen) atoms. The van der Waals surface area contributed by atoms with E-state index in [4.69, 9.17) is 9.47 Å². The van der Waals surface area contributed by atoms with E-state index in [1.54, 1.807) is 6.92 Å². The van der Waals surface area contributed by atoms with Crippen molar-refractivity contribution in [2.24, 2.45) is 0 Å². The molecule has 1 aromatic rings. The lowest BCUT2D eigenvalue weighted by Crippen LogP contribution is -2.06. The minimum absolute atomic E-state index is 0.100. The Morgan fingerprint density at radius 2 is 2.00 bits per heavy atom. The predicted octanol–water partition coefficient (Wildman–Crippen LogP) is 2.52. The highest BCUT2D eigenvalue weighted by Crippen LogP contribution is 2.28. The number of hydrogen-bond acceptors (Lipinski definition) is 6. The number of carbonyl (C=O) groups excluding carboxylic acids is 2. The summed E-state index contributed by atoms with van der Waals surface area (Å²) in [5, 5.41) is 10.9. The fourth-order valence-electron chi connectivity index (χ4n) is 1.78. The first-order valence-corrected chi connectivity index (χ1v) is 6.50. The molecule has 0 unspecified atom stereocenters. The van der Waals surface area contributed by atoms with E-state index in [0.717, 1.165) is 0 Å². The van der Waals surface area contributed by atoms with Crippen molar-refractivity contribution in [3.63, 3.8) is 0 Å². The Morgan fingerprint density at radius 1 is 1.29 bits per heavy atom. The molecular weight excluding hydrogens is 278 g/mol. The maximum absolute atomic E-state index is 11.9. The smallest absolute Gasteiger partial charge is 0.311 e. The van der Waals surface area contributed by atoms with Crippen LogP contribution >= 0.6 is 0 Å². The van der Waals surface area contributed by atoms with Gasteiger partial charge in [0, 0.05) is 24.5 Å². The predicted molar refractivity (Wildman–Crippen MR) is 74.5 cm³/mol. The van der Waals surface area contributed by atoms with Crippen LogP contribution < -0.4 is 4.74 Å². The number of nitrogens with zero attached hydrogens (tertiary/aromatic N) is 1. The molecule has 7 heteroatoms. The summed E-state index contributed by atoms with van der Waals surface area (Å²) in [5.74, 6) is -0.515. The molecule has 0 atom stereocenters. The number of methoxy groups -OCH3 is 1. The second-order valence-corrected chi connectivity index (χ2v) is 4.23. The van der Waals surface area contributed by atoms with Crippen LogP contribution in [0.2, 0.25) is 0 Å². The Balaban J connectivity index is 2.68. The van der Waals surface area contributed by atoms with E-state index < -0.39 is 4.92 Å². The number of esters is 1. The Hall–Kier alpha value is -2.44. The van der Waals surface area contributed by atoms with Gasteiger partial charge < -0.3 is 9.47 Å². The van der Waals surface area contributed by atoms with Crippen LogP contribution in [0.25, 0.3) is 0 Å². The molecule has 0 spiro atoms. The molecule has 0 saturated heterocycles. The monoisotopic (exact) mass is 295 g/mol. The van der Waals surface area contributed by atoms with Crippen LogP contribution in [0.1, 0.15) is 36.5 Å². The minimum atomic E-state index is -0.603. The maximum atomic E-state index is 11.9. The van der Waals surface area contributed by atoms with Crippen molar-refractivity contribution in [2.75, 3.05) is 13.7 Å². The van der Waals surface area contributed by atoms with Crippen molar-refractivity contribution >= 4 is 17.4 Å². The zero-order valence-electron chi connectivity index (χ0n) is 12.0. The number of nitro groups is 1. The fourth-order valence-corrected chi connectivity index (χ4v) is 1.78. The van der Waals surface area contributed by atoms with Gasteiger partial charge in [-0.05, 0) is 25.5 Å². The van der Waals surface area contributed by atoms with E-state index in [1.807, 2.05) is 0 Å². The van der Waals surface area contributed by atoms with Gasteiger partial charge in [-0.2, -0.15) is 0 Å². The number of carbonyl (C=O) groups is 2. The van der Waals surface area contributed by atoms with Crippen LogP contribution in [0.4, 0.5) is 5.69 Å². The van der Waals surface area contributed by atoms with Crippen molar-refractivity contribution in [3.05, 3.63) is 33.9 Å². The molecule has 7 nitrogen and oxygen atoms in total. The van der Waals surface area contributed by atoms with Crippen molar-refractivity contribution in [2.45, 2.75) is 26.2 Å². The van der Waals surface area contributed by atoms with Crippen molar-refractivity contribution in [1.82, 2.24) is 0 Å². The summed E-state index contributed by atoms with van der Waals surface area (Å²) in [6.45, 7) is 2.01. The average molecular weight is 295 g/mol. The first-order valence-electron chi connectivity index (χ1n) is 6.50. The average Bonchev–Trinajstić information content (AvgIpc) is 2.46. The number of benzene rings is 1. The SMILES string of the molecule is CCOC(=O)CCCC(=O)c1ccc(OC)c([N+](=O)[O-])c1. The third kappa shape index (κ3) is 4.87. The van der Waals surface area contributed by atoms with Crippen LogP contribution in [0.5, 0.6) is 5.75 Å². The van der Waals surface area contributed by atoms with Gasteiger partial charge in [0.25, 0.3) is 0 Å². The van der Waals surface area contributed by atoms with Gasteiger partial charge in [0.2, 0.25) is 0 Å². The lowest BCUT2D eigenvalue weighted by atomic mass is 10.0. The van der Waals surface area contributed by atoms with Crippen molar-refractivity contribution in [1.29, 1.82) is 0 Å². The molecule has 1 rings (SSSR count). The lowest BCUT2D eigenvalue weighted by Gasteiger charge is -2.05. The summed E-state index contributed by atoms with van der Waals surface area (Å²) in [7, 11) is 1.32. The number of Topliss-reactive ketones (excluding diaryl/α,β-unsaturated/α-hetero) is 1. The van der Waals surface area contributed by atoms with Gasteiger partial charge in [-0.1, -0.05) is 0 Å². The molecule has 0 aliphatic rings. The summed E-state index contributed by atoms with van der Waals surface area (Å²) in [5.41, 5.74) is -0.0277. The second kappa shape index (κ2) is 7.98. The number of rotatable bonds is 8. The summed E-state index contributed by atoms with van der Waals surface area (Å²) < 4.78 is 9.62. The molecule has 0 aromatic heterocycles. The highest BCUT2D eigenvalue weighted by Gasteiger charge is 2.18. The second-order valence-electron chi connectivity index (χ2n) is 4.23. The normalized spacial score (nSPS) is 10.0. The largest absolute Gasteiger partial charge is 0.490 e. The molecule has 0 radical (unpaired) electrons. The molecule has 0 saturated carbocycles. The van der Waals surface area contributed by atoms with Gasteiger partial charge in [-0.3, -0.25) is 19.7 Å². The molecule has 0 amide bonds. The zero-order valence-corrected chi connectivity index (χ0v) is 12.0. The minimum Gasteiger partial charge on any atom is -0.490 e. The maximum Gasteiger partial charge on any atom is 0.311 e. The summed E-state index contributed by atoms with van der Waals surface area (Å²) in [6, 6.07) is 4.04. The summed E-state index contributed by atoms with van der Waals surface area (Å²) in [4.78, 5) is 33.4. The Morgan fingerprint density at radius 3 is 2.57 bits per heavy atom. The van der Waals surface area contributed by atoms with E-state index in [2.05, 4.69) is 0 Å². The first kappa shape index (κ1) is 16.6. The molecule has 0 N–H and O–H groups in total. The van der Waals surface area contributed by atoms with Crippen LogP contribution in [0.15, 0.2) is 18.2 Å². The first-order chi connectivity index (χ1) is 9.99. The highest BCUT2D eigenvalue weighted by molar-refractivity contribution is 5.97. The Bertz CT molecular complexity index is 540. The van der Waals surface area contributed by atoms with Gasteiger partial charge >= 0.3 is 11.7 Å². The highest BCUT2D eigenvalue weighted by atomic mass is 16.6. The quantitative estimate of drug-likeness (QED) is 0.316. The van der Waals surface area contributed by atoms with Gasteiger partial charge in [0.1, 0.15) is 0 Å². The van der Waals surface area contributed by atoms with E-state index in [9.17, 15) is 19.7 Å². The lowest BCUT2D eigenvalue weighted by molar-refractivity contribution is -0.385. The Kier molecular flexibility index (Phi) is 6.32. The van der Waals surface area contributed by atoms with E-state index in [1.165, 1.54) is 25.3 Å². The topological polar surface area (TPSA) is 95.7 Å². The van der Waals surface area contributed by atoms with Crippen LogP contribution in [0.3, 0.4) is 0 Å². The van der Waals surface area contributed by atoms with Crippen LogP contribution in [-0.2, 0) is 9.53 Å². The summed E-state index contributed by atoms with van der Waals surface area (Å²) >= 11 is 0. The van der Waals surface area contributed by atoms with E-state index >= 15 is 0 Å². The summed E-state index contributed by atoms with van der Waals surface area (Å²) in [6.07, 6.45) is 0.623. The van der Waals surface area contributed by atoms with Gasteiger partial charge in [0.15, 0.2) is 11.5 Å². The van der Waals surface area contributed by atoms with Crippen molar-refractivity contribution < 1.29 is 24.0 Å². The van der Waals surface area contributed by atoms with Crippen LogP contribution in [-0.4, -0.2) is 30.4 Å². The third-order valence-electron chi connectivity index (χ3n) is 2.79. The number of ketones is 1.